The number of aliphatic hydroxyl groups is 1. The fraction of sp³-hybridized carbons (Fsp3) is 0.185. The van der Waals surface area contributed by atoms with Gasteiger partial charge in [0.1, 0.15) is 23.4 Å². The molecule has 0 spiro atoms. The Morgan fingerprint density at radius 3 is 2.55 bits per heavy atom. The molecular weight excluding hydrogens is 421 g/mol. The standard InChI is InChI=1S/C27H22FNO4/c1-16-13-19-14-18(11-12-22(19)33-16)25(30)23-24(20-9-5-6-10-21(20)28)29(27(32)26(23)31)15-17-7-3-2-4-8-17/h2-12,14,16,24,30H,13,15H2,1H3/t16-,24+/m0/s1. The number of ketones is 1. The van der Waals surface area contributed by atoms with E-state index < -0.39 is 23.5 Å². The molecule has 2 aliphatic heterocycles. The zero-order valence-electron chi connectivity index (χ0n) is 18.0. The maximum atomic E-state index is 14.9. The molecule has 33 heavy (non-hydrogen) atoms. The average molecular weight is 443 g/mol. The highest BCUT2D eigenvalue weighted by Gasteiger charge is 2.47. The van der Waals surface area contributed by atoms with Gasteiger partial charge in [-0.2, -0.15) is 0 Å². The second-order valence-corrected chi connectivity index (χ2v) is 8.39. The molecule has 1 fully saturated rings. The summed E-state index contributed by atoms with van der Waals surface area (Å²) in [6.07, 6.45) is 0.697. The highest BCUT2D eigenvalue weighted by molar-refractivity contribution is 6.46. The predicted octanol–water partition coefficient (Wildman–Crippen LogP) is 4.77. The van der Waals surface area contributed by atoms with Gasteiger partial charge >= 0.3 is 0 Å². The molecule has 3 aromatic rings. The summed E-state index contributed by atoms with van der Waals surface area (Å²) in [6, 6.07) is 19.3. The van der Waals surface area contributed by atoms with Crippen LogP contribution in [0.4, 0.5) is 4.39 Å². The van der Waals surface area contributed by atoms with Crippen LogP contribution >= 0.6 is 0 Å². The van der Waals surface area contributed by atoms with Crippen LogP contribution in [0.3, 0.4) is 0 Å². The van der Waals surface area contributed by atoms with Crippen LogP contribution in [0.1, 0.15) is 35.2 Å². The summed E-state index contributed by atoms with van der Waals surface area (Å²) in [6.45, 7) is 2.06. The molecule has 6 heteroatoms. The molecule has 0 bridgehead atoms. The number of fused-ring (bicyclic) bond motifs is 1. The quantitative estimate of drug-likeness (QED) is 0.358. The first-order valence-electron chi connectivity index (χ1n) is 10.8. The van der Waals surface area contributed by atoms with Gasteiger partial charge in [-0.3, -0.25) is 9.59 Å². The molecule has 3 aromatic carbocycles. The van der Waals surface area contributed by atoms with E-state index in [4.69, 9.17) is 4.74 Å². The lowest BCUT2D eigenvalue weighted by Gasteiger charge is -2.25. The molecule has 0 aromatic heterocycles. The summed E-state index contributed by atoms with van der Waals surface area (Å²) < 4.78 is 20.6. The van der Waals surface area contributed by atoms with Crippen molar-refractivity contribution >= 4 is 17.4 Å². The van der Waals surface area contributed by atoms with Crippen LogP contribution in [0, 0.1) is 5.82 Å². The van der Waals surface area contributed by atoms with Gasteiger partial charge in [-0.1, -0.05) is 48.5 Å². The second kappa shape index (κ2) is 8.20. The molecule has 1 saturated heterocycles. The number of Topliss-reactive ketones (excluding diaryl/α,β-unsaturated/α-hetero) is 1. The third-order valence-electron chi connectivity index (χ3n) is 6.10. The Morgan fingerprint density at radius 1 is 1.06 bits per heavy atom. The molecular formula is C27H22FNO4. The van der Waals surface area contributed by atoms with Gasteiger partial charge in [-0.05, 0) is 42.3 Å². The maximum Gasteiger partial charge on any atom is 0.295 e. The number of ether oxygens (including phenoxy) is 1. The first-order chi connectivity index (χ1) is 15.9. The van der Waals surface area contributed by atoms with Crippen LogP contribution < -0.4 is 4.74 Å². The molecule has 0 unspecified atom stereocenters. The highest BCUT2D eigenvalue weighted by atomic mass is 19.1. The minimum Gasteiger partial charge on any atom is -0.507 e. The van der Waals surface area contributed by atoms with Crippen LogP contribution in [0.15, 0.2) is 78.4 Å². The predicted molar refractivity (Wildman–Crippen MR) is 121 cm³/mol. The fourth-order valence-electron chi connectivity index (χ4n) is 4.57. The summed E-state index contributed by atoms with van der Waals surface area (Å²) >= 11 is 0. The molecule has 0 radical (unpaired) electrons. The molecule has 2 aliphatic rings. The topological polar surface area (TPSA) is 66.8 Å². The second-order valence-electron chi connectivity index (χ2n) is 8.39. The van der Waals surface area contributed by atoms with Crippen LogP contribution in [0.2, 0.25) is 0 Å². The van der Waals surface area contributed by atoms with E-state index in [0.717, 1.165) is 16.9 Å². The maximum absolute atomic E-state index is 14.9. The Balaban J connectivity index is 1.65. The molecule has 166 valence electrons. The first-order valence-corrected chi connectivity index (χ1v) is 10.8. The monoisotopic (exact) mass is 443 g/mol. The number of hydrogen-bond donors (Lipinski definition) is 1. The number of halogens is 1. The molecule has 2 heterocycles. The number of amides is 1. The zero-order valence-corrected chi connectivity index (χ0v) is 18.0. The van der Waals surface area contributed by atoms with E-state index >= 15 is 0 Å². The number of hydrogen-bond acceptors (Lipinski definition) is 4. The van der Waals surface area contributed by atoms with E-state index in [0.29, 0.717) is 12.0 Å². The Labute approximate surface area is 190 Å². The Bertz CT molecular complexity index is 1280. The van der Waals surface area contributed by atoms with Crippen LogP contribution in [0.5, 0.6) is 5.75 Å². The molecule has 0 aliphatic carbocycles. The Kier molecular flexibility index (Phi) is 5.21. The largest absolute Gasteiger partial charge is 0.507 e. The smallest absolute Gasteiger partial charge is 0.295 e. The fourth-order valence-corrected chi connectivity index (χ4v) is 4.57. The lowest BCUT2D eigenvalue weighted by molar-refractivity contribution is -0.140. The van der Waals surface area contributed by atoms with Crippen molar-refractivity contribution in [1.82, 2.24) is 4.90 Å². The zero-order chi connectivity index (χ0) is 23.1. The van der Waals surface area contributed by atoms with Gasteiger partial charge in [0.2, 0.25) is 0 Å². The van der Waals surface area contributed by atoms with Crippen molar-refractivity contribution in [1.29, 1.82) is 0 Å². The third-order valence-corrected chi connectivity index (χ3v) is 6.10. The van der Waals surface area contributed by atoms with Gasteiger partial charge in [0.05, 0.1) is 11.6 Å². The lowest BCUT2D eigenvalue weighted by atomic mass is 9.94. The van der Waals surface area contributed by atoms with E-state index in [1.807, 2.05) is 37.3 Å². The van der Waals surface area contributed by atoms with Gasteiger partial charge in [-0.25, -0.2) is 4.39 Å². The number of likely N-dealkylation sites (tertiary alicyclic amines) is 1. The van der Waals surface area contributed by atoms with Crippen LogP contribution in [-0.4, -0.2) is 27.8 Å². The van der Waals surface area contributed by atoms with Crippen molar-refractivity contribution in [3.8, 4) is 5.75 Å². The summed E-state index contributed by atoms with van der Waals surface area (Å²) in [5.74, 6) is -1.74. The Morgan fingerprint density at radius 2 is 1.79 bits per heavy atom. The SMILES string of the molecule is C[C@H]1Cc2cc(C(O)=C3C(=O)C(=O)N(Cc4ccccc4)[C@@H]3c3ccccc3F)ccc2O1. The van der Waals surface area contributed by atoms with Gasteiger partial charge in [-0.15, -0.1) is 0 Å². The van der Waals surface area contributed by atoms with Crippen molar-refractivity contribution in [2.45, 2.75) is 32.0 Å². The number of aliphatic hydroxyl groups excluding tert-OH is 1. The summed E-state index contributed by atoms with van der Waals surface area (Å²) in [7, 11) is 0. The minimum absolute atomic E-state index is 0.0206. The van der Waals surface area contributed by atoms with Crippen LogP contribution in [-0.2, 0) is 22.6 Å². The third kappa shape index (κ3) is 3.67. The highest BCUT2D eigenvalue weighted by Crippen LogP contribution is 2.42. The number of benzene rings is 3. The number of carbonyl (C=O) groups excluding carboxylic acids is 2. The molecule has 0 saturated carbocycles. The Hall–Kier alpha value is -3.93. The van der Waals surface area contributed by atoms with Crippen molar-refractivity contribution in [2.24, 2.45) is 0 Å². The van der Waals surface area contributed by atoms with Crippen molar-refractivity contribution in [3.05, 3.63) is 106 Å². The van der Waals surface area contributed by atoms with Gasteiger partial charge in [0, 0.05) is 24.1 Å². The molecule has 5 rings (SSSR count). The van der Waals surface area contributed by atoms with Gasteiger partial charge in [0.15, 0.2) is 0 Å². The van der Waals surface area contributed by atoms with E-state index in [2.05, 4.69) is 0 Å². The van der Waals surface area contributed by atoms with E-state index in [-0.39, 0.29) is 29.5 Å². The summed E-state index contributed by atoms with van der Waals surface area (Å²) in [4.78, 5) is 27.5. The van der Waals surface area contributed by atoms with Crippen molar-refractivity contribution in [2.75, 3.05) is 0 Å². The van der Waals surface area contributed by atoms with E-state index in [1.54, 1.807) is 30.3 Å². The molecule has 5 nitrogen and oxygen atoms in total. The van der Waals surface area contributed by atoms with Gasteiger partial charge in [0.25, 0.3) is 11.7 Å². The molecule has 2 atom stereocenters. The van der Waals surface area contributed by atoms with Crippen molar-refractivity contribution < 1.29 is 23.8 Å². The van der Waals surface area contributed by atoms with Crippen molar-refractivity contribution in [3.63, 3.8) is 0 Å². The molecule has 1 N–H and O–H groups in total. The van der Waals surface area contributed by atoms with E-state index in [1.165, 1.54) is 17.0 Å². The first kappa shape index (κ1) is 20.9. The van der Waals surface area contributed by atoms with Crippen LogP contribution in [0.25, 0.3) is 5.76 Å². The summed E-state index contributed by atoms with van der Waals surface area (Å²) in [5, 5.41) is 11.2. The molecule has 1 amide bonds. The lowest BCUT2D eigenvalue weighted by Crippen LogP contribution is -2.29. The number of rotatable bonds is 4. The summed E-state index contributed by atoms with van der Waals surface area (Å²) in [5.41, 5.74) is 2.14. The number of carbonyl (C=O) groups is 2. The van der Waals surface area contributed by atoms with Gasteiger partial charge < -0.3 is 14.7 Å². The average Bonchev–Trinajstić information content (AvgIpc) is 3.31. The number of nitrogens with zero attached hydrogens (tertiary/aromatic N) is 1. The van der Waals surface area contributed by atoms with E-state index in [9.17, 15) is 19.1 Å². The minimum atomic E-state index is -1.05. The normalized spacial score (nSPS) is 21.2.